The molecule has 0 spiro atoms. The zero-order chi connectivity index (χ0) is 13.8. The number of carbonyl (C=O) groups is 1. The second-order valence-corrected chi connectivity index (χ2v) is 4.16. The Kier molecular flexibility index (Phi) is 3.80. The summed E-state index contributed by atoms with van der Waals surface area (Å²) in [5, 5.41) is 9.05. The lowest BCUT2D eigenvalue weighted by molar-refractivity contribution is 0.0694. The van der Waals surface area contributed by atoms with Crippen molar-refractivity contribution in [2.45, 2.75) is 13.5 Å². The lowest BCUT2D eigenvalue weighted by Crippen LogP contribution is -2.05. The Morgan fingerprint density at radius 1 is 1.26 bits per heavy atom. The Hall–Kier alpha value is -2.36. The summed E-state index contributed by atoms with van der Waals surface area (Å²) in [6, 6.07) is 10.9. The molecule has 19 heavy (non-hydrogen) atoms. The van der Waals surface area contributed by atoms with Gasteiger partial charge in [0, 0.05) is 5.56 Å². The van der Waals surface area contributed by atoms with Crippen LogP contribution in [0.3, 0.4) is 0 Å². The van der Waals surface area contributed by atoms with Crippen molar-refractivity contribution in [1.29, 1.82) is 0 Å². The first-order valence-electron chi connectivity index (χ1n) is 5.78. The van der Waals surface area contributed by atoms with Gasteiger partial charge in [0.25, 0.3) is 0 Å². The van der Waals surface area contributed by atoms with E-state index in [1.165, 1.54) is 24.3 Å². The van der Waals surface area contributed by atoms with E-state index in [0.29, 0.717) is 16.9 Å². The molecule has 0 saturated heterocycles. The third-order valence-corrected chi connectivity index (χ3v) is 2.77. The molecule has 0 aliphatic carbocycles. The van der Waals surface area contributed by atoms with Gasteiger partial charge in [-0.3, -0.25) is 0 Å². The Bertz CT molecular complexity index is 608. The molecule has 0 aliphatic rings. The molecule has 0 bridgehead atoms. The van der Waals surface area contributed by atoms with Gasteiger partial charge >= 0.3 is 5.97 Å². The predicted molar refractivity (Wildman–Crippen MR) is 68.9 cm³/mol. The Morgan fingerprint density at radius 3 is 2.68 bits per heavy atom. The van der Waals surface area contributed by atoms with Crippen molar-refractivity contribution in [2.24, 2.45) is 0 Å². The lowest BCUT2D eigenvalue weighted by atomic mass is 10.1. The molecule has 0 unspecified atom stereocenters. The third-order valence-electron chi connectivity index (χ3n) is 2.77. The molecule has 2 aromatic carbocycles. The Morgan fingerprint density at radius 2 is 2.00 bits per heavy atom. The molecule has 0 aliphatic heterocycles. The van der Waals surface area contributed by atoms with Gasteiger partial charge in [-0.15, -0.1) is 0 Å². The molecule has 3 nitrogen and oxygen atoms in total. The standard InChI is InChI=1S/C15H13FO3/c1-10-8-12(16)6-7-14(10)19-9-11-4-2-3-5-13(11)15(17)18/h2-8H,9H2,1H3,(H,17,18). The van der Waals surface area contributed by atoms with Crippen molar-refractivity contribution < 1.29 is 19.0 Å². The summed E-state index contributed by atoms with van der Waals surface area (Å²) in [6.07, 6.45) is 0. The molecule has 2 rings (SSSR count). The normalized spacial score (nSPS) is 10.2. The van der Waals surface area contributed by atoms with Crippen LogP contribution in [0.15, 0.2) is 42.5 Å². The van der Waals surface area contributed by atoms with Crippen molar-refractivity contribution in [1.82, 2.24) is 0 Å². The monoisotopic (exact) mass is 260 g/mol. The number of hydrogen-bond acceptors (Lipinski definition) is 2. The Balaban J connectivity index is 2.17. The van der Waals surface area contributed by atoms with E-state index in [-0.39, 0.29) is 18.0 Å². The number of aromatic carboxylic acids is 1. The number of rotatable bonds is 4. The minimum Gasteiger partial charge on any atom is -0.489 e. The molecule has 4 heteroatoms. The van der Waals surface area contributed by atoms with Crippen molar-refractivity contribution in [3.63, 3.8) is 0 Å². The molecule has 0 radical (unpaired) electrons. The van der Waals surface area contributed by atoms with E-state index in [9.17, 15) is 9.18 Å². The molecule has 0 atom stereocenters. The van der Waals surface area contributed by atoms with Gasteiger partial charge < -0.3 is 9.84 Å². The maximum absolute atomic E-state index is 12.9. The smallest absolute Gasteiger partial charge is 0.336 e. The van der Waals surface area contributed by atoms with Crippen molar-refractivity contribution in [3.05, 3.63) is 65.0 Å². The minimum atomic E-state index is -0.991. The van der Waals surface area contributed by atoms with E-state index < -0.39 is 5.97 Å². The first-order chi connectivity index (χ1) is 9.08. The lowest BCUT2D eigenvalue weighted by Gasteiger charge is -2.10. The van der Waals surface area contributed by atoms with Crippen LogP contribution in [0.2, 0.25) is 0 Å². The first kappa shape index (κ1) is 13.1. The van der Waals surface area contributed by atoms with Crippen molar-refractivity contribution in [3.8, 4) is 5.75 Å². The summed E-state index contributed by atoms with van der Waals surface area (Å²) in [7, 11) is 0. The number of ether oxygens (including phenoxy) is 1. The van der Waals surface area contributed by atoms with Gasteiger partial charge in [-0.2, -0.15) is 0 Å². The molecule has 98 valence electrons. The molecule has 0 amide bonds. The predicted octanol–water partition coefficient (Wildman–Crippen LogP) is 3.41. The highest BCUT2D eigenvalue weighted by Gasteiger charge is 2.10. The van der Waals surface area contributed by atoms with Gasteiger partial charge in [0.15, 0.2) is 0 Å². The highest BCUT2D eigenvalue weighted by molar-refractivity contribution is 5.89. The summed E-state index contributed by atoms with van der Waals surface area (Å²) in [4.78, 5) is 11.0. The number of carboxylic acids is 1. The van der Waals surface area contributed by atoms with E-state index in [4.69, 9.17) is 9.84 Å². The van der Waals surface area contributed by atoms with Crippen LogP contribution in [0.25, 0.3) is 0 Å². The van der Waals surface area contributed by atoms with Gasteiger partial charge in [0.05, 0.1) is 5.56 Å². The fourth-order valence-corrected chi connectivity index (χ4v) is 1.79. The summed E-state index contributed by atoms with van der Waals surface area (Å²) in [6.45, 7) is 1.87. The average Bonchev–Trinajstić information content (AvgIpc) is 2.38. The zero-order valence-corrected chi connectivity index (χ0v) is 10.4. The maximum Gasteiger partial charge on any atom is 0.336 e. The topological polar surface area (TPSA) is 46.5 Å². The van der Waals surface area contributed by atoms with Gasteiger partial charge in [0.1, 0.15) is 18.2 Å². The largest absolute Gasteiger partial charge is 0.489 e. The van der Waals surface area contributed by atoms with Crippen LogP contribution >= 0.6 is 0 Å². The van der Waals surface area contributed by atoms with Crippen LogP contribution in [0, 0.1) is 12.7 Å². The molecule has 0 aromatic heterocycles. The van der Waals surface area contributed by atoms with Crippen LogP contribution in [0.4, 0.5) is 4.39 Å². The first-order valence-corrected chi connectivity index (χ1v) is 5.78. The highest BCUT2D eigenvalue weighted by atomic mass is 19.1. The minimum absolute atomic E-state index is 0.134. The van der Waals surface area contributed by atoms with Gasteiger partial charge in [-0.1, -0.05) is 18.2 Å². The van der Waals surface area contributed by atoms with Gasteiger partial charge in [-0.05, 0) is 36.8 Å². The van der Waals surface area contributed by atoms with Crippen LogP contribution < -0.4 is 4.74 Å². The fourth-order valence-electron chi connectivity index (χ4n) is 1.79. The van der Waals surface area contributed by atoms with Crippen molar-refractivity contribution >= 4 is 5.97 Å². The molecule has 0 fully saturated rings. The summed E-state index contributed by atoms with van der Waals surface area (Å²) in [5.74, 6) is -0.771. The van der Waals surface area contributed by atoms with Crippen LogP contribution in [0.5, 0.6) is 5.75 Å². The SMILES string of the molecule is Cc1cc(F)ccc1OCc1ccccc1C(=O)O. The van der Waals surface area contributed by atoms with E-state index in [1.54, 1.807) is 25.1 Å². The zero-order valence-electron chi connectivity index (χ0n) is 10.4. The Labute approximate surface area is 110 Å². The van der Waals surface area contributed by atoms with E-state index in [1.807, 2.05) is 0 Å². The molecule has 0 heterocycles. The molecule has 2 aromatic rings. The second kappa shape index (κ2) is 5.52. The third kappa shape index (κ3) is 3.10. The molecule has 0 saturated carbocycles. The molecular formula is C15H13FO3. The highest BCUT2D eigenvalue weighted by Crippen LogP contribution is 2.20. The van der Waals surface area contributed by atoms with E-state index >= 15 is 0 Å². The van der Waals surface area contributed by atoms with E-state index in [0.717, 1.165) is 0 Å². The van der Waals surface area contributed by atoms with Gasteiger partial charge in [0.2, 0.25) is 0 Å². The van der Waals surface area contributed by atoms with Crippen LogP contribution in [0.1, 0.15) is 21.5 Å². The number of halogens is 1. The fraction of sp³-hybridized carbons (Fsp3) is 0.133. The van der Waals surface area contributed by atoms with Crippen LogP contribution in [-0.2, 0) is 6.61 Å². The quantitative estimate of drug-likeness (QED) is 0.916. The van der Waals surface area contributed by atoms with Crippen molar-refractivity contribution in [2.75, 3.05) is 0 Å². The molecular weight excluding hydrogens is 247 g/mol. The maximum atomic E-state index is 12.9. The summed E-state index contributed by atoms with van der Waals surface area (Å²) in [5.41, 5.74) is 1.47. The number of hydrogen-bond donors (Lipinski definition) is 1. The molecule has 1 N–H and O–H groups in total. The number of benzene rings is 2. The van der Waals surface area contributed by atoms with Crippen LogP contribution in [-0.4, -0.2) is 11.1 Å². The van der Waals surface area contributed by atoms with Gasteiger partial charge in [-0.25, -0.2) is 9.18 Å². The average molecular weight is 260 g/mol. The number of carboxylic acid groups (broad SMARTS) is 1. The second-order valence-electron chi connectivity index (χ2n) is 4.16. The summed E-state index contributed by atoms with van der Waals surface area (Å²) < 4.78 is 18.5. The summed E-state index contributed by atoms with van der Waals surface area (Å²) >= 11 is 0. The van der Waals surface area contributed by atoms with E-state index in [2.05, 4.69) is 0 Å². The number of aryl methyl sites for hydroxylation is 1.